The number of alkyl halides is 2. The number of rotatable bonds is 1. The number of nitrogens with zero attached hydrogens (tertiary/aromatic N) is 3. The molecule has 0 saturated carbocycles. The molecule has 6 heteroatoms. The van der Waals surface area contributed by atoms with E-state index >= 15 is 0 Å². The van der Waals surface area contributed by atoms with Gasteiger partial charge in [0.05, 0.1) is 12.2 Å². The van der Waals surface area contributed by atoms with E-state index in [0.717, 1.165) is 0 Å². The first kappa shape index (κ1) is 9.51. The van der Waals surface area contributed by atoms with Crippen molar-refractivity contribution in [2.75, 3.05) is 13.1 Å². The summed E-state index contributed by atoms with van der Waals surface area (Å²) >= 11 is 0. The van der Waals surface area contributed by atoms with Crippen LogP contribution in [0.3, 0.4) is 0 Å². The van der Waals surface area contributed by atoms with Crippen LogP contribution in [-0.4, -0.2) is 34.0 Å². The van der Waals surface area contributed by atoms with Crippen LogP contribution in [0.15, 0.2) is 6.20 Å². The second-order valence-electron chi connectivity index (χ2n) is 3.58. The zero-order chi connectivity index (χ0) is 10.2. The van der Waals surface area contributed by atoms with E-state index in [2.05, 4.69) is 15.6 Å². The van der Waals surface area contributed by atoms with Gasteiger partial charge in [0.2, 0.25) is 0 Å². The van der Waals surface area contributed by atoms with Crippen LogP contribution in [-0.2, 0) is 0 Å². The number of hydrogen-bond donors (Lipinski definition) is 1. The molecular formula is C8H12F2N4. The maximum Gasteiger partial charge on any atom is 0.282 e. The summed E-state index contributed by atoms with van der Waals surface area (Å²) in [7, 11) is 0. The van der Waals surface area contributed by atoms with Crippen LogP contribution in [0.5, 0.6) is 0 Å². The van der Waals surface area contributed by atoms with Crippen molar-refractivity contribution in [1.29, 1.82) is 0 Å². The Labute approximate surface area is 80.3 Å². The smallest absolute Gasteiger partial charge is 0.282 e. The van der Waals surface area contributed by atoms with Crippen LogP contribution in [0.1, 0.15) is 18.2 Å². The number of halogens is 2. The SMILES string of the molecule is Cc1cn(C2CCNCC2(F)F)nn1. The molecule has 0 radical (unpaired) electrons. The predicted octanol–water partition coefficient (Wildman–Crippen LogP) is 0.756. The second-order valence-corrected chi connectivity index (χ2v) is 3.58. The molecule has 0 aliphatic carbocycles. The molecule has 1 fully saturated rings. The molecule has 1 aromatic heterocycles. The lowest BCUT2D eigenvalue weighted by Gasteiger charge is -2.31. The molecule has 1 saturated heterocycles. The van der Waals surface area contributed by atoms with E-state index in [4.69, 9.17) is 0 Å². The summed E-state index contributed by atoms with van der Waals surface area (Å²) in [6.45, 7) is 2.05. The predicted molar refractivity (Wildman–Crippen MR) is 46.2 cm³/mol. The molecular weight excluding hydrogens is 190 g/mol. The first-order valence-electron chi connectivity index (χ1n) is 4.56. The molecule has 0 amide bonds. The average molecular weight is 202 g/mol. The van der Waals surface area contributed by atoms with Crippen molar-refractivity contribution in [3.8, 4) is 0 Å². The van der Waals surface area contributed by atoms with Crippen LogP contribution in [0.2, 0.25) is 0 Å². The van der Waals surface area contributed by atoms with Crippen molar-refractivity contribution >= 4 is 0 Å². The van der Waals surface area contributed by atoms with E-state index < -0.39 is 12.0 Å². The maximum atomic E-state index is 13.4. The molecule has 1 aromatic rings. The van der Waals surface area contributed by atoms with Gasteiger partial charge in [-0.15, -0.1) is 5.10 Å². The molecule has 1 unspecified atom stereocenters. The zero-order valence-corrected chi connectivity index (χ0v) is 7.87. The fraction of sp³-hybridized carbons (Fsp3) is 0.750. The molecule has 78 valence electrons. The summed E-state index contributed by atoms with van der Waals surface area (Å²) in [5.74, 6) is -2.74. The highest BCUT2D eigenvalue weighted by Gasteiger charge is 2.43. The Morgan fingerprint density at radius 1 is 1.64 bits per heavy atom. The van der Waals surface area contributed by atoms with Crippen LogP contribution < -0.4 is 5.32 Å². The Bertz CT molecular complexity index is 323. The van der Waals surface area contributed by atoms with E-state index in [1.807, 2.05) is 0 Å². The molecule has 0 bridgehead atoms. The Morgan fingerprint density at radius 2 is 2.43 bits per heavy atom. The van der Waals surface area contributed by atoms with Crippen molar-refractivity contribution in [3.05, 3.63) is 11.9 Å². The van der Waals surface area contributed by atoms with E-state index in [1.165, 1.54) is 4.68 Å². The van der Waals surface area contributed by atoms with E-state index in [1.54, 1.807) is 13.1 Å². The Kier molecular flexibility index (Phi) is 2.22. The van der Waals surface area contributed by atoms with Crippen molar-refractivity contribution in [1.82, 2.24) is 20.3 Å². The molecule has 14 heavy (non-hydrogen) atoms. The molecule has 1 N–H and O–H groups in total. The van der Waals surface area contributed by atoms with Crippen LogP contribution >= 0.6 is 0 Å². The molecule has 4 nitrogen and oxygen atoms in total. The van der Waals surface area contributed by atoms with Gasteiger partial charge in [-0.1, -0.05) is 5.21 Å². The minimum absolute atomic E-state index is 0.281. The Balaban J connectivity index is 2.23. The number of nitrogens with one attached hydrogen (secondary N) is 1. The van der Waals surface area contributed by atoms with Gasteiger partial charge >= 0.3 is 0 Å². The first-order valence-corrected chi connectivity index (χ1v) is 4.56. The highest BCUT2D eigenvalue weighted by Crippen LogP contribution is 2.32. The summed E-state index contributed by atoms with van der Waals surface area (Å²) in [6, 6.07) is -0.857. The summed E-state index contributed by atoms with van der Waals surface area (Å²) in [4.78, 5) is 0. The third-order valence-corrected chi connectivity index (χ3v) is 2.39. The zero-order valence-electron chi connectivity index (χ0n) is 7.87. The molecule has 2 heterocycles. The van der Waals surface area contributed by atoms with Crippen LogP contribution in [0.4, 0.5) is 8.78 Å². The van der Waals surface area contributed by atoms with Gasteiger partial charge in [-0.25, -0.2) is 13.5 Å². The minimum atomic E-state index is -2.74. The molecule has 0 spiro atoms. The van der Waals surface area contributed by atoms with E-state index in [0.29, 0.717) is 18.7 Å². The lowest BCUT2D eigenvalue weighted by molar-refractivity contribution is -0.0702. The molecule has 1 aliphatic heterocycles. The van der Waals surface area contributed by atoms with Gasteiger partial charge in [-0.05, 0) is 19.9 Å². The molecule has 1 aliphatic rings. The lowest BCUT2D eigenvalue weighted by atomic mass is 10.0. The van der Waals surface area contributed by atoms with Crippen molar-refractivity contribution in [2.24, 2.45) is 0 Å². The van der Waals surface area contributed by atoms with Gasteiger partial charge in [-0.2, -0.15) is 0 Å². The maximum absolute atomic E-state index is 13.4. The van der Waals surface area contributed by atoms with Crippen molar-refractivity contribution in [3.63, 3.8) is 0 Å². The third-order valence-electron chi connectivity index (χ3n) is 2.39. The topological polar surface area (TPSA) is 42.7 Å². The van der Waals surface area contributed by atoms with Gasteiger partial charge in [-0.3, -0.25) is 0 Å². The van der Waals surface area contributed by atoms with E-state index in [9.17, 15) is 8.78 Å². The number of aryl methyl sites for hydroxylation is 1. The Morgan fingerprint density at radius 3 is 3.00 bits per heavy atom. The molecule has 2 rings (SSSR count). The lowest BCUT2D eigenvalue weighted by Crippen LogP contribution is -2.47. The summed E-state index contributed by atoms with van der Waals surface area (Å²) in [6.07, 6.45) is 1.94. The average Bonchev–Trinajstić information content (AvgIpc) is 2.51. The molecule has 1 atom stereocenters. The first-order chi connectivity index (χ1) is 6.59. The van der Waals surface area contributed by atoms with Crippen LogP contribution in [0, 0.1) is 6.92 Å². The molecule has 0 aromatic carbocycles. The fourth-order valence-corrected chi connectivity index (χ4v) is 1.67. The summed E-state index contributed by atoms with van der Waals surface area (Å²) in [5.41, 5.74) is 0.666. The highest BCUT2D eigenvalue weighted by atomic mass is 19.3. The number of piperidine rings is 1. The van der Waals surface area contributed by atoms with Gasteiger partial charge in [0.1, 0.15) is 6.04 Å². The van der Waals surface area contributed by atoms with E-state index in [-0.39, 0.29) is 6.54 Å². The number of aromatic nitrogens is 3. The standard InChI is InChI=1S/C8H12F2N4/c1-6-4-14(13-12-6)7-2-3-11-5-8(7,9)10/h4,7,11H,2-3,5H2,1H3. The highest BCUT2D eigenvalue weighted by molar-refractivity contribution is 4.94. The van der Waals surface area contributed by atoms with Gasteiger partial charge < -0.3 is 5.32 Å². The third kappa shape index (κ3) is 1.61. The number of hydrogen-bond acceptors (Lipinski definition) is 3. The quantitative estimate of drug-likeness (QED) is 0.731. The van der Waals surface area contributed by atoms with Gasteiger partial charge in [0.15, 0.2) is 0 Å². The second kappa shape index (κ2) is 3.27. The van der Waals surface area contributed by atoms with Crippen LogP contribution in [0.25, 0.3) is 0 Å². The van der Waals surface area contributed by atoms with Gasteiger partial charge in [0, 0.05) is 6.20 Å². The normalized spacial score (nSPS) is 26.4. The summed E-state index contributed by atoms with van der Waals surface area (Å²) in [5, 5.41) is 10.1. The largest absolute Gasteiger partial charge is 0.311 e. The monoisotopic (exact) mass is 202 g/mol. The van der Waals surface area contributed by atoms with Crippen molar-refractivity contribution < 1.29 is 8.78 Å². The fourth-order valence-electron chi connectivity index (χ4n) is 1.67. The minimum Gasteiger partial charge on any atom is -0.311 e. The van der Waals surface area contributed by atoms with Crippen molar-refractivity contribution in [2.45, 2.75) is 25.3 Å². The Hall–Kier alpha value is -1.04. The van der Waals surface area contributed by atoms with Gasteiger partial charge in [0.25, 0.3) is 5.92 Å². The summed E-state index contributed by atoms with van der Waals surface area (Å²) < 4.78 is 28.1.